The Morgan fingerprint density at radius 2 is 1.85 bits per heavy atom. The van der Waals surface area contributed by atoms with Crippen LogP contribution in [0.1, 0.15) is 28.4 Å². The number of ketones is 1. The standard InChI is InChI=1S/C16H11NO3/c1-11(18)20-15-8-3-2-7-14(15)16(19)13-6-4-5-12(9-13)10-17/h2-9H,1H3. The van der Waals surface area contributed by atoms with Crippen LogP contribution in [0.3, 0.4) is 0 Å². The lowest BCUT2D eigenvalue weighted by molar-refractivity contribution is -0.131. The van der Waals surface area contributed by atoms with Crippen LogP contribution in [0.25, 0.3) is 0 Å². The molecule has 0 amide bonds. The van der Waals surface area contributed by atoms with Gasteiger partial charge < -0.3 is 4.74 Å². The van der Waals surface area contributed by atoms with Crippen molar-refractivity contribution in [2.24, 2.45) is 0 Å². The van der Waals surface area contributed by atoms with Crippen molar-refractivity contribution >= 4 is 11.8 Å². The van der Waals surface area contributed by atoms with Crippen molar-refractivity contribution in [1.29, 1.82) is 5.26 Å². The third-order valence-corrected chi connectivity index (χ3v) is 2.64. The zero-order chi connectivity index (χ0) is 14.5. The van der Waals surface area contributed by atoms with Crippen molar-refractivity contribution < 1.29 is 14.3 Å². The normalized spacial score (nSPS) is 9.60. The van der Waals surface area contributed by atoms with Crippen LogP contribution < -0.4 is 4.74 Å². The Bertz CT molecular complexity index is 714. The quantitative estimate of drug-likeness (QED) is 0.486. The Morgan fingerprint density at radius 3 is 2.55 bits per heavy atom. The Kier molecular flexibility index (Phi) is 3.92. The Labute approximate surface area is 116 Å². The minimum atomic E-state index is -0.490. The van der Waals surface area contributed by atoms with Gasteiger partial charge in [0.15, 0.2) is 5.78 Å². The van der Waals surface area contributed by atoms with Gasteiger partial charge in [-0.1, -0.05) is 24.3 Å². The van der Waals surface area contributed by atoms with Gasteiger partial charge in [0.05, 0.1) is 17.2 Å². The van der Waals surface area contributed by atoms with Crippen molar-refractivity contribution in [3.63, 3.8) is 0 Å². The van der Waals surface area contributed by atoms with Gasteiger partial charge in [0.25, 0.3) is 0 Å². The summed E-state index contributed by atoms with van der Waals surface area (Å²) in [5, 5.41) is 8.86. The van der Waals surface area contributed by atoms with E-state index in [2.05, 4.69) is 0 Å². The van der Waals surface area contributed by atoms with Crippen molar-refractivity contribution in [3.05, 3.63) is 65.2 Å². The van der Waals surface area contributed by atoms with Crippen LogP contribution >= 0.6 is 0 Å². The summed E-state index contributed by atoms with van der Waals surface area (Å²) in [7, 11) is 0. The molecule has 0 N–H and O–H groups in total. The molecule has 0 radical (unpaired) electrons. The average Bonchev–Trinajstić information content (AvgIpc) is 2.46. The highest BCUT2D eigenvalue weighted by atomic mass is 16.5. The van der Waals surface area contributed by atoms with E-state index in [4.69, 9.17) is 10.00 Å². The first-order chi connectivity index (χ1) is 9.61. The molecule has 2 rings (SSSR count). The van der Waals surface area contributed by atoms with E-state index < -0.39 is 5.97 Å². The molecule has 2 aromatic carbocycles. The third-order valence-electron chi connectivity index (χ3n) is 2.64. The fourth-order valence-electron chi connectivity index (χ4n) is 1.78. The zero-order valence-corrected chi connectivity index (χ0v) is 10.8. The predicted octanol–water partition coefficient (Wildman–Crippen LogP) is 2.71. The van der Waals surface area contributed by atoms with E-state index in [9.17, 15) is 9.59 Å². The lowest BCUT2D eigenvalue weighted by Gasteiger charge is -2.08. The average molecular weight is 265 g/mol. The number of benzene rings is 2. The third kappa shape index (κ3) is 2.90. The van der Waals surface area contributed by atoms with E-state index in [1.54, 1.807) is 42.5 Å². The van der Waals surface area contributed by atoms with Gasteiger partial charge in [0.1, 0.15) is 5.75 Å². The first-order valence-electron chi connectivity index (χ1n) is 5.94. The summed E-state index contributed by atoms with van der Waals surface area (Å²) in [6, 6.07) is 14.9. The highest BCUT2D eigenvalue weighted by Gasteiger charge is 2.15. The van der Waals surface area contributed by atoms with Crippen molar-refractivity contribution in [2.75, 3.05) is 0 Å². The SMILES string of the molecule is CC(=O)Oc1ccccc1C(=O)c1cccc(C#N)c1. The molecule has 0 aliphatic carbocycles. The van der Waals surface area contributed by atoms with Gasteiger partial charge in [-0.05, 0) is 24.3 Å². The second-order valence-electron chi connectivity index (χ2n) is 4.11. The topological polar surface area (TPSA) is 67.2 Å². The summed E-state index contributed by atoms with van der Waals surface area (Å²) in [5.41, 5.74) is 1.07. The first-order valence-corrected chi connectivity index (χ1v) is 5.94. The van der Waals surface area contributed by atoms with Gasteiger partial charge >= 0.3 is 5.97 Å². The van der Waals surface area contributed by atoms with E-state index in [0.29, 0.717) is 11.1 Å². The summed E-state index contributed by atoms with van der Waals surface area (Å²) >= 11 is 0. The maximum atomic E-state index is 12.4. The summed E-state index contributed by atoms with van der Waals surface area (Å²) < 4.78 is 5.02. The number of carbonyl (C=O) groups is 2. The lowest BCUT2D eigenvalue weighted by atomic mass is 10.0. The molecule has 0 saturated carbocycles. The number of para-hydroxylation sites is 1. The van der Waals surface area contributed by atoms with Crippen molar-refractivity contribution in [2.45, 2.75) is 6.92 Å². The first kappa shape index (κ1) is 13.5. The number of carbonyl (C=O) groups excluding carboxylic acids is 2. The number of hydrogen-bond acceptors (Lipinski definition) is 4. The van der Waals surface area contributed by atoms with Crippen LogP contribution in [0.5, 0.6) is 5.75 Å². The molecule has 0 saturated heterocycles. The van der Waals surface area contributed by atoms with Gasteiger partial charge in [0, 0.05) is 12.5 Å². The molecule has 4 heteroatoms. The predicted molar refractivity (Wildman–Crippen MR) is 72.3 cm³/mol. The Morgan fingerprint density at radius 1 is 1.10 bits per heavy atom. The fourth-order valence-corrected chi connectivity index (χ4v) is 1.78. The molecule has 98 valence electrons. The number of esters is 1. The number of nitriles is 1. The van der Waals surface area contributed by atoms with E-state index in [0.717, 1.165) is 0 Å². The summed E-state index contributed by atoms with van der Waals surface area (Å²) in [4.78, 5) is 23.5. The van der Waals surface area contributed by atoms with Crippen LogP contribution in [0.15, 0.2) is 48.5 Å². The molecule has 0 heterocycles. The van der Waals surface area contributed by atoms with Crippen LogP contribution in [0.2, 0.25) is 0 Å². The van der Waals surface area contributed by atoms with Crippen LogP contribution in [-0.4, -0.2) is 11.8 Å². The number of nitrogens with zero attached hydrogens (tertiary/aromatic N) is 1. The van der Waals surface area contributed by atoms with Crippen LogP contribution in [-0.2, 0) is 4.79 Å². The Balaban J connectivity index is 2.43. The molecule has 0 atom stereocenters. The van der Waals surface area contributed by atoms with Gasteiger partial charge in [-0.3, -0.25) is 9.59 Å². The molecule has 0 aliphatic rings. The number of hydrogen-bond donors (Lipinski definition) is 0. The summed E-state index contributed by atoms with van der Waals surface area (Å²) in [6.07, 6.45) is 0. The largest absolute Gasteiger partial charge is 0.426 e. The summed E-state index contributed by atoms with van der Waals surface area (Å²) in [5.74, 6) is -0.567. The molecule has 0 fully saturated rings. The second-order valence-corrected chi connectivity index (χ2v) is 4.11. The van der Waals surface area contributed by atoms with Crippen molar-refractivity contribution in [3.8, 4) is 11.8 Å². The van der Waals surface area contributed by atoms with Gasteiger partial charge in [-0.15, -0.1) is 0 Å². The smallest absolute Gasteiger partial charge is 0.308 e. The molecule has 0 aromatic heterocycles. The van der Waals surface area contributed by atoms with Crippen LogP contribution in [0.4, 0.5) is 0 Å². The van der Waals surface area contributed by atoms with E-state index in [-0.39, 0.29) is 17.1 Å². The molecule has 0 bridgehead atoms. The minimum Gasteiger partial charge on any atom is -0.426 e. The van der Waals surface area contributed by atoms with E-state index in [1.165, 1.54) is 13.0 Å². The van der Waals surface area contributed by atoms with E-state index >= 15 is 0 Å². The molecular weight excluding hydrogens is 254 g/mol. The summed E-state index contributed by atoms with van der Waals surface area (Å²) in [6.45, 7) is 1.28. The van der Waals surface area contributed by atoms with Crippen molar-refractivity contribution in [1.82, 2.24) is 0 Å². The maximum Gasteiger partial charge on any atom is 0.308 e. The molecular formula is C16H11NO3. The molecule has 2 aromatic rings. The molecule has 0 spiro atoms. The molecule has 0 unspecified atom stereocenters. The highest BCUT2D eigenvalue weighted by Crippen LogP contribution is 2.22. The number of rotatable bonds is 3. The number of ether oxygens (including phenoxy) is 1. The molecule has 0 aliphatic heterocycles. The molecule has 4 nitrogen and oxygen atoms in total. The fraction of sp³-hybridized carbons (Fsp3) is 0.0625. The Hall–Kier alpha value is -2.93. The zero-order valence-electron chi connectivity index (χ0n) is 10.8. The van der Waals surface area contributed by atoms with Gasteiger partial charge in [-0.25, -0.2) is 0 Å². The van der Waals surface area contributed by atoms with Gasteiger partial charge in [-0.2, -0.15) is 5.26 Å². The monoisotopic (exact) mass is 265 g/mol. The highest BCUT2D eigenvalue weighted by molar-refractivity contribution is 6.11. The van der Waals surface area contributed by atoms with Gasteiger partial charge in [0.2, 0.25) is 0 Å². The molecule has 20 heavy (non-hydrogen) atoms. The van der Waals surface area contributed by atoms with E-state index in [1.807, 2.05) is 6.07 Å². The minimum absolute atomic E-state index is 0.215. The lowest BCUT2D eigenvalue weighted by Crippen LogP contribution is -2.08. The van der Waals surface area contributed by atoms with Crippen LogP contribution in [0, 0.1) is 11.3 Å². The second kappa shape index (κ2) is 5.81. The maximum absolute atomic E-state index is 12.4.